The number of pyridine rings is 1. The number of anilines is 1. The van der Waals surface area contributed by atoms with Crippen molar-refractivity contribution < 1.29 is 5.11 Å². The summed E-state index contributed by atoms with van der Waals surface area (Å²) in [5.41, 5.74) is 3.75. The van der Waals surface area contributed by atoms with E-state index in [9.17, 15) is 5.11 Å². The normalized spacial score (nSPS) is 19.1. The molecule has 7 heteroatoms. The molecular formula is C24H26N6O. The van der Waals surface area contributed by atoms with E-state index in [1.54, 1.807) is 16.9 Å². The van der Waals surface area contributed by atoms with Gasteiger partial charge in [-0.05, 0) is 54.2 Å². The number of rotatable bonds is 3. The highest BCUT2D eigenvalue weighted by Gasteiger charge is 2.23. The third kappa shape index (κ3) is 3.83. The number of aryl methyl sites for hydroxylation is 1. The third-order valence-electron chi connectivity index (χ3n) is 5.91. The van der Waals surface area contributed by atoms with E-state index in [4.69, 9.17) is 0 Å². The van der Waals surface area contributed by atoms with E-state index in [-0.39, 0.29) is 5.75 Å². The Morgan fingerprint density at radius 3 is 2.48 bits per heavy atom. The molecule has 4 aromatic rings. The first-order chi connectivity index (χ1) is 15.0. The molecule has 0 unspecified atom stereocenters. The van der Waals surface area contributed by atoms with Gasteiger partial charge in [0.05, 0.1) is 5.52 Å². The maximum atomic E-state index is 10.7. The van der Waals surface area contributed by atoms with Gasteiger partial charge < -0.3 is 10.0 Å². The second-order valence-corrected chi connectivity index (χ2v) is 8.80. The lowest BCUT2D eigenvalue weighted by atomic mass is 9.92. The van der Waals surface area contributed by atoms with Gasteiger partial charge in [0.15, 0.2) is 5.82 Å². The van der Waals surface area contributed by atoms with E-state index in [1.165, 1.54) is 6.42 Å². The van der Waals surface area contributed by atoms with Crippen molar-refractivity contribution in [1.29, 1.82) is 0 Å². The SMILES string of the molecule is C[C@@H]1C[C@H](C)CN(c2ccc(-c3ncc(-c4ccc5nn(C)cc5c4)cc3O)nn2)C1. The molecule has 0 bridgehead atoms. The summed E-state index contributed by atoms with van der Waals surface area (Å²) in [6.07, 6.45) is 4.98. The first-order valence-corrected chi connectivity index (χ1v) is 10.7. The lowest BCUT2D eigenvalue weighted by molar-refractivity contribution is 0.355. The molecule has 1 aromatic carbocycles. The van der Waals surface area contributed by atoms with Gasteiger partial charge in [0.2, 0.25) is 0 Å². The molecule has 31 heavy (non-hydrogen) atoms. The Balaban J connectivity index is 1.40. The Kier molecular flexibility index (Phi) is 4.81. The molecule has 1 aliphatic rings. The van der Waals surface area contributed by atoms with Crippen molar-refractivity contribution in [2.24, 2.45) is 18.9 Å². The Morgan fingerprint density at radius 2 is 1.77 bits per heavy atom. The molecule has 2 atom stereocenters. The minimum absolute atomic E-state index is 0.0889. The van der Waals surface area contributed by atoms with E-state index >= 15 is 0 Å². The molecule has 0 radical (unpaired) electrons. The number of aromatic hydroxyl groups is 1. The van der Waals surface area contributed by atoms with Gasteiger partial charge >= 0.3 is 0 Å². The fourth-order valence-corrected chi connectivity index (χ4v) is 4.61. The van der Waals surface area contributed by atoms with Crippen molar-refractivity contribution >= 4 is 16.7 Å². The summed E-state index contributed by atoms with van der Waals surface area (Å²) >= 11 is 0. The van der Waals surface area contributed by atoms with Crippen LogP contribution in [0, 0.1) is 11.8 Å². The molecule has 1 N–H and O–H groups in total. The second kappa shape index (κ2) is 7.65. The summed E-state index contributed by atoms with van der Waals surface area (Å²) < 4.78 is 1.79. The predicted octanol–water partition coefficient (Wildman–Crippen LogP) is 4.28. The van der Waals surface area contributed by atoms with Gasteiger partial charge in [-0.1, -0.05) is 19.9 Å². The maximum absolute atomic E-state index is 10.7. The number of nitrogens with zero attached hydrogens (tertiary/aromatic N) is 6. The first-order valence-electron chi connectivity index (χ1n) is 10.7. The lowest BCUT2D eigenvalue weighted by Crippen LogP contribution is -2.39. The molecular weight excluding hydrogens is 388 g/mol. The van der Waals surface area contributed by atoms with Crippen molar-refractivity contribution in [1.82, 2.24) is 25.0 Å². The molecule has 1 aliphatic heterocycles. The van der Waals surface area contributed by atoms with Crippen molar-refractivity contribution in [3.05, 3.63) is 48.8 Å². The number of hydrogen-bond acceptors (Lipinski definition) is 6. The van der Waals surface area contributed by atoms with Gasteiger partial charge in [-0.15, -0.1) is 10.2 Å². The van der Waals surface area contributed by atoms with Gasteiger partial charge in [0, 0.05) is 43.5 Å². The molecule has 3 aromatic heterocycles. The van der Waals surface area contributed by atoms with Crippen LogP contribution in [0.1, 0.15) is 20.3 Å². The van der Waals surface area contributed by atoms with Crippen molar-refractivity contribution in [2.75, 3.05) is 18.0 Å². The molecule has 0 spiro atoms. The van der Waals surface area contributed by atoms with Crippen LogP contribution in [0.15, 0.2) is 48.8 Å². The quantitative estimate of drug-likeness (QED) is 0.539. The van der Waals surface area contributed by atoms with Crippen LogP contribution in [-0.2, 0) is 7.05 Å². The molecule has 0 amide bonds. The first kappa shape index (κ1) is 19.5. The monoisotopic (exact) mass is 414 g/mol. The number of fused-ring (bicyclic) bond motifs is 1. The summed E-state index contributed by atoms with van der Waals surface area (Å²) in [7, 11) is 1.90. The Bertz CT molecular complexity index is 1220. The van der Waals surface area contributed by atoms with Crippen molar-refractivity contribution in [3.63, 3.8) is 0 Å². The highest BCUT2D eigenvalue weighted by molar-refractivity contribution is 5.84. The molecule has 4 heterocycles. The fraction of sp³-hybridized carbons (Fsp3) is 0.333. The number of hydrogen-bond donors (Lipinski definition) is 1. The van der Waals surface area contributed by atoms with E-state index in [1.807, 2.05) is 43.6 Å². The van der Waals surface area contributed by atoms with E-state index < -0.39 is 0 Å². The van der Waals surface area contributed by atoms with E-state index in [0.29, 0.717) is 23.2 Å². The fourth-order valence-electron chi connectivity index (χ4n) is 4.61. The van der Waals surface area contributed by atoms with E-state index in [0.717, 1.165) is 40.9 Å². The standard InChI is InChI=1S/C24H26N6O/c1-15-8-16(2)13-30(12-15)23-7-6-21(26-27-23)24-22(31)10-18(11-25-24)17-4-5-20-19(9-17)14-29(3)28-20/h4-7,9-11,14-16,31H,8,12-13H2,1-3H3/t15-,16+. The average molecular weight is 415 g/mol. The van der Waals surface area contributed by atoms with Crippen LogP contribution in [0.5, 0.6) is 5.75 Å². The van der Waals surface area contributed by atoms with Crippen LogP contribution < -0.4 is 4.90 Å². The molecule has 5 rings (SSSR count). The summed E-state index contributed by atoms with van der Waals surface area (Å²) in [5, 5.41) is 24.9. The Morgan fingerprint density at radius 1 is 0.968 bits per heavy atom. The number of piperidine rings is 1. The summed E-state index contributed by atoms with van der Waals surface area (Å²) in [6.45, 7) is 6.55. The second-order valence-electron chi connectivity index (χ2n) is 8.80. The Labute approximate surface area is 181 Å². The minimum Gasteiger partial charge on any atom is -0.506 e. The molecule has 0 aliphatic carbocycles. The number of aromatic nitrogens is 5. The number of benzene rings is 1. The zero-order chi connectivity index (χ0) is 21.5. The predicted molar refractivity (Wildman–Crippen MR) is 122 cm³/mol. The minimum atomic E-state index is 0.0889. The summed E-state index contributed by atoms with van der Waals surface area (Å²) in [6, 6.07) is 11.6. The van der Waals surface area contributed by atoms with Crippen molar-refractivity contribution in [2.45, 2.75) is 20.3 Å². The zero-order valence-corrected chi connectivity index (χ0v) is 18.0. The van der Waals surface area contributed by atoms with Crippen molar-refractivity contribution in [3.8, 4) is 28.3 Å². The zero-order valence-electron chi connectivity index (χ0n) is 18.0. The van der Waals surface area contributed by atoms with E-state index in [2.05, 4.69) is 39.0 Å². The molecule has 0 saturated carbocycles. The van der Waals surface area contributed by atoms with Gasteiger partial charge in [0.1, 0.15) is 17.1 Å². The average Bonchev–Trinajstić information content (AvgIpc) is 3.12. The Hall–Kier alpha value is -3.48. The smallest absolute Gasteiger partial charge is 0.151 e. The van der Waals surface area contributed by atoms with Crippen LogP contribution in [-0.4, -0.2) is 43.2 Å². The van der Waals surface area contributed by atoms with Crippen LogP contribution in [0.25, 0.3) is 33.4 Å². The highest BCUT2D eigenvalue weighted by Crippen LogP contribution is 2.32. The molecule has 1 saturated heterocycles. The van der Waals surface area contributed by atoms with Gasteiger partial charge in [0.25, 0.3) is 0 Å². The van der Waals surface area contributed by atoms with Crippen LogP contribution in [0.2, 0.25) is 0 Å². The van der Waals surface area contributed by atoms with Gasteiger partial charge in [-0.3, -0.25) is 4.68 Å². The maximum Gasteiger partial charge on any atom is 0.151 e. The topological polar surface area (TPSA) is 80.0 Å². The summed E-state index contributed by atoms with van der Waals surface area (Å²) in [5.74, 6) is 2.26. The molecule has 158 valence electrons. The van der Waals surface area contributed by atoms with Gasteiger partial charge in [-0.25, -0.2) is 4.98 Å². The van der Waals surface area contributed by atoms with Crippen LogP contribution in [0.4, 0.5) is 5.82 Å². The highest BCUT2D eigenvalue weighted by atomic mass is 16.3. The molecule has 7 nitrogen and oxygen atoms in total. The largest absolute Gasteiger partial charge is 0.506 e. The van der Waals surface area contributed by atoms with Crippen LogP contribution in [0.3, 0.4) is 0 Å². The van der Waals surface area contributed by atoms with Crippen LogP contribution >= 0.6 is 0 Å². The lowest BCUT2D eigenvalue weighted by Gasteiger charge is -2.35. The summed E-state index contributed by atoms with van der Waals surface area (Å²) in [4.78, 5) is 6.78. The van der Waals surface area contributed by atoms with Gasteiger partial charge in [-0.2, -0.15) is 5.10 Å². The molecule has 1 fully saturated rings. The third-order valence-corrected chi connectivity index (χ3v) is 5.91.